The van der Waals surface area contributed by atoms with Gasteiger partial charge in [-0.25, -0.2) is 9.97 Å². The van der Waals surface area contributed by atoms with E-state index in [0.717, 1.165) is 12.4 Å². The van der Waals surface area contributed by atoms with E-state index in [2.05, 4.69) is 21.8 Å². The number of anilines is 1. The van der Waals surface area contributed by atoms with Gasteiger partial charge in [0.25, 0.3) is 0 Å². The molecule has 106 valence electrons. The summed E-state index contributed by atoms with van der Waals surface area (Å²) in [6.45, 7) is 6.16. The van der Waals surface area contributed by atoms with Gasteiger partial charge >= 0.3 is 0 Å². The first kappa shape index (κ1) is 14.5. The second-order valence-electron chi connectivity index (χ2n) is 4.83. The van der Waals surface area contributed by atoms with Crippen LogP contribution in [0.5, 0.6) is 0 Å². The number of aromatic nitrogens is 2. The van der Waals surface area contributed by atoms with Gasteiger partial charge in [0.2, 0.25) is 0 Å². The Bertz CT molecular complexity index is 408. The van der Waals surface area contributed by atoms with E-state index in [-0.39, 0.29) is 0 Å². The second-order valence-corrected chi connectivity index (χ2v) is 5.21. The zero-order chi connectivity index (χ0) is 13.7. The highest BCUT2D eigenvalue weighted by Crippen LogP contribution is 2.28. The number of rotatable bonds is 6. The van der Waals surface area contributed by atoms with E-state index in [1.54, 1.807) is 0 Å². The van der Waals surface area contributed by atoms with E-state index in [9.17, 15) is 0 Å². The molecule has 4 nitrogen and oxygen atoms in total. The molecule has 1 aromatic heterocycles. The van der Waals surface area contributed by atoms with Gasteiger partial charge in [0.1, 0.15) is 17.6 Å². The van der Waals surface area contributed by atoms with E-state index >= 15 is 0 Å². The first-order valence-corrected chi connectivity index (χ1v) is 7.50. The van der Waals surface area contributed by atoms with Gasteiger partial charge in [0.15, 0.2) is 5.82 Å². The molecule has 1 heterocycles. The van der Waals surface area contributed by atoms with E-state index in [1.807, 2.05) is 13.0 Å². The Morgan fingerprint density at radius 2 is 2.05 bits per heavy atom. The highest BCUT2D eigenvalue weighted by Gasteiger charge is 2.23. The summed E-state index contributed by atoms with van der Waals surface area (Å²) < 4.78 is 5.37. The van der Waals surface area contributed by atoms with Gasteiger partial charge in [0, 0.05) is 25.3 Å². The van der Waals surface area contributed by atoms with Crippen LogP contribution in [0.15, 0.2) is 6.07 Å². The Kier molecular flexibility index (Phi) is 5.40. The van der Waals surface area contributed by atoms with Crippen LogP contribution in [0.2, 0.25) is 5.15 Å². The van der Waals surface area contributed by atoms with Crippen molar-refractivity contribution in [2.75, 3.05) is 18.1 Å². The minimum Gasteiger partial charge on any atom is -0.374 e. The summed E-state index contributed by atoms with van der Waals surface area (Å²) in [5, 5.41) is 0.496. The minimum absolute atomic E-state index is 0.423. The van der Waals surface area contributed by atoms with Crippen LogP contribution < -0.4 is 4.90 Å². The van der Waals surface area contributed by atoms with Crippen molar-refractivity contribution in [2.45, 2.75) is 52.2 Å². The summed E-state index contributed by atoms with van der Waals surface area (Å²) in [4.78, 5) is 11.2. The lowest BCUT2D eigenvalue weighted by Gasteiger charge is -2.29. The van der Waals surface area contributed by atoms with Crippen molar-refractivity contribution in [3.8, 4) is 0 Å². The molecule has 0 amide bonds. The third-order valence-electron chi connectivity index (χ3n) is 3.56. The normalized spacial score (nSPS) is 15.9. The van der Waals surface area contributed by atoms with Crippen LogP contribution in [0, 0.1) is 0 Å². The van der Waals surface area contributed by atoms with Crippen LogP contribution in [0.25, 0.3) is 0 Å². The Labute approximate surface area is 120 Å². The third-order valence-corrected chi connectivity index (χ3v) is 3.76. The van der Waals surface area contributed by atoms with Crippen molar-refractivity contribution in [2.24, 2.45) is 0 Å². The summed E-state index contributed by atoms with van der Waals surface area (Å²) in [5.41, 5.74) is 0. The molecule has 0 radical (unpaired) electrons. The lowest BCUT2D eigenvalue weighted by atomic mass is 10.2. The topological polar surface area (TPSA) is 38.2 Å². The number of halogens is 1. The summed E-state index contributed by atoms with van der Waals surface area (Å²) in [5.74, 6) is 1.60. The molecule has 1 aliphatic carbocycles. The first-order valence-electron chi connectivity index (χ1n) is 7.12. The fourth-order valence-electron chi connectivity index (χ4n) is 2.68. The van der Waals surface area contributed by atoms with Crippen molar-refractivity contribution in [1.29, 1.82) is 0 Å². The fraction of sp³-hybridized carbons (Fsp3) is 0.714. The smallest absolute Gasteiger partial charge is 0.158 e. The van der Waals surface area contributed by atoms with Gasteiger partial charge in [0.05, 0.1) is 0 Å². The second kappa shape index (κ2) is 7.06. The van der Waals surface area contributed by atoms with Gasteiger partial charge in [-0.1, -0.05) is 24.4 Å². The molecule has 1 aliphatic rings. The van der Waals surface area contributed by atoms with Crippen molar-refractivity contribution >= 4 is 17.4 Å². The molecule has 19 heavy (non-hydrogen) atoms. The quantitative estimate of drug-likeness (QED) is 0.750. The van der Waals surface area contributed by atoms with E-state index in [4.69, 9.17) is 16.3 Å². The van der Waals surface area contributed by atoms with Gasteiger partial charge < -0.3 is 9.64 Å². The van der Waals surface area contributed by atoms with Crippen LogP contribution in [-0.2, 0) is 11.3 Å². The Morgan fingerprint density at radius 1 is 1.32 bits per heavy atom. The molecule has 0 saturated heterocycles. The molecule has 0 bridgehead atoms. The highest BCUT2D eigenvalue weighted by molar-refractivity contribution is 6.29. The van der Waals surface area contributed by atoms with Crippen molar-refractivity contribution in [1.82, 2.24) is 9.97 Å². The maximum Gasteiger partial charge on any atom is 0.158 e. The molecular formula is C14H22ClN3O. The summed E-state index contributed by atoms with van der Waals surface area (Å²) in [6.07, 6.45) is 5.12. The van der Waals surface area contributed by atoms with Crippen LogP contribution in [0.1, 0.15) is 45.4 Å². The predicted molar refractivity (Wildman–Crippen MR) is 77.6 cm³/mol. The van der Waals surface area contributed by atoms with E-state index in [0.29, 0.717) is 30.2 Å². The van der Waals surface area contributed by atoms with Gasteiger partial charge in [-0.3, -0.25) is 0 Å². The van der Waals surface area contributed by atoms with Crippen LogP contribution in [0.4, 0.5) is 5.82 Å². The molecule has 0 atom stereocenters. The van der Waals surface area contributed by atoms with Crippen molar-refractivity contribution in [3.05, 3.63) is 17.0 Å². The number of nitrogens with zero attached hydrogens (tertiary/aromatic N) is 3. The maximum absolute atomic E-state index is 6.10. The average Bonchev–Trinajstić information content (AvgIpc) is 2.90. The van der Waals surface area contributed by atoms with Gasteiger partial charge in [-0.2, -0.15) is 0 Å². The molecular weight excluding hydrogens is 262 g/mol. The molecule has 1 saturated carbocycles. The molecule has 0 N–H and O–H groups in total. The zero-order valence-corrected chi connectivity index (χ0v) is 12.5. The molecule has 5 heteroatoms. The molecule has 1 aromatic rings. The minimum atomic E-state index is 0.423. The number of hydrogen-bond acceptors (Lipinski definition) is 4. The Hall–Kier alpha value is -0.870. The summed E-state index contributed by atoms with van der Waals surface area (Å²) in [6, 6.07) is 2.45. The average molecular weight is 284 g/mol. The molecule has 0 unspecified atom stereocenters. The van der Waals surface area contributed by atoms with E-state index < -0.39 is 0 Å². The van der Waals surface area contributed by atoms with Crippen molar-refractivity contribution in [3.63, 3.8) is 0 Å². The highest BCUT2D eigenvalue weighted by atomic mass is 35.5. The summed E-state index contributed by atoms with van der Waals surface area (Å²) >= 11 is 6.10. The predicted octanol–water partition coefficient (Wildman–Crippen LogP) is 3.44. The summed E-state index contributed by atoms with van der Waals surface area (Å²) in [7, 11) is 0. The molecule has 0 aromatic carbocycles. The molecule has 0 spiro atoms. The Morgan fingerprint density at radius 3 is 2.68 bits per heavy atom. The monoisotopic (exact) mass is 283 g/mol. The molecule has 1 fully saturated rings. The van der Waals surface area contributed by atoms with Crippen LogP contribution >= 0.6 is 11.6 Å². The fourth-order valence-corrected chi connectivity index (χ4v) is 2.87. The van der Waals surface area contributed by atoms with Crippen molar-refractivity contribution < 1.29 is 4.74 Å². The zero-order valence-electron chi connectivity index (χ0n) is 11.7. The van der Waals surface area contributed by atoms with Crippen LogP contribution in [-0.4, -0.2) is 29.2 Å². The largest absolute Gasteiger partial charge is 0.374 e. The lowest BCUT2D eigenvalue weighted by molar-refractivity contribution is 0.128. The van der Waals surface area contributed by atoms with Gasteiger partial charge in [-0.15, -0.1) is 0 Å². The Balaban J connectivity index is 2.18. The standard InChI is InChI=1S/C14H22ClN3O/c1-3-18(11-7-5-6-8-11)14-9-12(15)16-13(17-14)10-19-4-2/h9,11H,3-8,10H2,1-2H3. The first-order chi connectivity index (χ1) is 9.24. The molecule has 0 aliphatic heterocycles. The van der Waals surface area contributed by atoms with Gasteiger partial charge in [-0.05, 0) is 26.7 Å². The van der Waals surface area contributed by atoms with Crippen LogP contribution in [0.3, 0.4) is 0 Å². The number of ether oxygens (including phenoxy) is 1. The lowest BCUT2D eigenvalue weighted by Crippen LogP contribution is -2.34. The molecule has 2 rings (SSSR count). The SMILES string of the molecule is CCOCc1nc(Cl)cc(N(CC)C2CCCC2)n1. The van der Waals surface area contributed by atoms with E-state index in [1.165, 1.54) is 25.7 Å². The number of hydrogen-bond donors (Lipinski definition) is 0. The third kappa shape index (κ3) is 3.80. The maximum atomic E-state index is 6.10.